The van der Waals surface area contributed by atoms with E-state index in [0.717, 1.165) is 12.8 Å². The predicted octanol–water partition coefficient (Wildman–Crippen LogP) is -0.349. The van der Waals surface area contributed by atoms with Crippen LogP contribution in [0, 0.1) is 0 Å². The van der Waals surface area contributed by atoms with Gasteiger partial charge in [-0.1, -0.05) is 13.3 Å². The van der Waals surface area contributed by atoms with E-state index in [1.165, 1.54) is 0 Å². The second-order valence-corrected chi connectivity index (χ2v) is 3.78. The maximum Gasteiger partial charge on any atom is 0.219 e. The van der Waals surface area contributed by atoms with Gasteiger partial charge in [-0.15, -0.1) is 0 Å². The molecule has 1 aliphatic rings. The van der Waals surface area contributed by atoms with Gasteiger partial charge < -0.3 is 16.5 Å². The molecule has 1 heterocycles. The third-order valence-corrected chi connectivity index (χ3v) is 2.43. The molecule has 0 radical (unpaired) electrons. The minimum absolute atomic E-state index is 0.244. The molecular weight excluding hydrogens is 180 g/mol. The Morgan fingerprint density at radius 2 is 2.36 bits per heavy atom. The molecular formula is C9H18N4O. The van der Waals surface area contributed by atoms with Gasteiger partial charge in [0.1, 0.15) is 0 Å². The first-order valence-electron chi connectivity index (χ1n) is 4.77. The highest BCUT2D eigenvalue weighted by molar-refractivity contribution is 5.76. The Morgan fingerprint density at radius 1 is 1.71 bits per heavy atom. The zero-order chi connectivity index (χ0) is 10.8. The van der Waals surface area contributed by atoms with Crippen LogP contribution in [0.1, 0.15) is 26.2 Å². The molecule has 0 fully saturated rings. The van der Waals surface area contributed by atoms with Gasteiger partial charge in [-0.25, -0.2) is 5.43 Å². The van der Waals surface area contributed by atoms with Gasteiger partial charge in [0.05, 0.1) is 12.0 Å². The minimum atomic E-state index is -0.463. The summed E-state index contributed by atoms with van der Waals surface area (Å²) in [4.78, 5) is 11.0. The molecule has 0 saturated heterocycles. The van der Waals surface area contributed by atoms with E-state index < -0.39 is 5.54 Å². The number of primary amides is 1. The fourth-order valence-electron chi connectivity index (χ4n) is 1.92. The molecule has 0 aromatic rings. The third-order valence-electron chi connectivity index (χ3n) is 2.43. The molecule has 0 spiro atoms. The van der Waals surface area contributed by atoms with Crippen molar-refractivity contribution in [3.05, 3.63) is 11.9 Å². The fraction of sp³-hybridized carbons (Fsp3) is 0.667. The smallest absolute Gasteiger partial charge is 0.219 e. The molecule has 1 aliphatic heterocycles. The van der Waals surface area contributed by atoms with E-state index in [0.29, 0.717) is 5.70 Å². The van der Waals surface area contributed by atoms with E-state index in [-0.39, 0.29) is 12.3 Å². The van der Waals surface area contributed by atoms with Gasteiger partial charge in [-0.05, 0) is 6.42 Å². The standard InChI is InChI=1S/C9H18N4O/c1-3-4-9(5-8(11)14)7(10)6-13(2)12-9/h6,12H,3-5,10H2,1-2H3,(H2,11,14). The highest BCUT2D eigenvalue weighted by Crippen LogP contribution is 2.28. The molecule has 1 rings (SSSR count). The van der Waals surface area contributed by atoms with Crippen LogP contribution >= 0.6 is 0 Å². The van der Waals surface area contributed by atoms with Crippen LogP contribution in [-0.2, 0) is 4.79 Å². The molecule has 0 aromatic carbocycles. The van der Waals surface area contributed by atoms with Crippen LogP contribution in [-0.4, -0.2) is 23.5 Å². The van der Waals surface area contributed by atoms with Gasteiger partial charge in [-0.3, -0.25) is 4.79 Å². The largest absolute Gasteiger partial charge is 0.399 e. The molecule has 5 heteroatoms. The number of nitrogens with two attached hydrogens (primary N) is 2. The van der Waals surface area contributed by atoms with E-state index >= 15 is 0 Å². The summed E-state index contributed by atoms with van der Waals surface area (Å²) in [7, 11) is 1.85. The Balaban J connectivity index is 2.83. The number of carbonyl (C=O) groups excluding carboxylic acids is 1. The number of hydrogen-bond donors (Lipinski definition) is 3. The lowest BCUT2D eigenvalue weighted by atomic mass is 9.88. The summed E-state index contributed by atoms with van der Waals surface area (Å²) in [5.74, 6) is -0.336. The molecule has 5 nitrogen and oxygen atoms in total. The SMILES string of the molecule is CCCC1(CC(N)=O)NN(C)C=C1N. The lowest BCUT2D eigenvalue weighted by Gasteiger charge is -2.30. The van der Waals surface area contributed by atoms with Crippen molar-refractivity contribution in [1.29, 1.82) is 0 Å². The average Bonchev–Trinajstić information content (AvgIpc) is 2.25. The Morgan fingerprint density at radius 3 is 2.71 bits per heavy atom. The number of rotatable bonds is 4. The molecule has 1 unspecified atom stereocenters. The average molecular weight is 198 g/mol. The molecule has 80 valence electrons. The van der Waals surface area contributed by atoms with E-state index in [9.17, 15) is 4.79 Å². The van der Waals surface area contributed by atoms with Gasteiger partial charge in [0.25, 0.3) is 0 Å². The maximum absolute atomic E-state index is 11.0. The van der Waals surface area contributed by atoms with E-state index in [2.05, 4.69) is 12.3 Å². The molecule has 1 atom stereocenters. The van der Waals surface area contributed by atoms with Crippen LogP contribution < -0.4 is 16.9 Å². The molecule has 0 aliphatic carbocycles. The van der Waals surface area contributed by atoms with Gasteiger partial charge in [0.2, 0.25) is 5.91 Å². The maximum atomic E-state index is 11.0. The molecule has 1 amide bonds. The van der Waals surface area contributed by atoms with Crippen LogP contribution in [0.5, 0.6) is 0 Å². The molecule has 0 aromatic heterocycles. The lowest BCUT2D eigenvalue weighted by Crippen LogP contribution is -2.51. The highest BCUT2D eigenvalue weighted by atomic mass is 16.1. The first kappa shape index (κ1) is 10.8. The predicted molar refractivity (Wildman–Crippen MR) is 54.6 cm³/mol. The second-order valence-electron chi connectivity index (χ2n) is 3.78. The normalized spacial score (nSPS) is 26.4. The van der Waals surface area contributed by atoms with Crippen molar-refractivity contribution < 1.29 is 4.79 Å². The highest BCUT2D eigenvalue weighted by Gasteiger charge is 2.38. The van der Waals surface area contributed by atoms with E-state index in [1.807, 2.05) is 7.05 Å². The van der Waals surface area contributed by atoms with Crippen molar-refractivity contribution >= 4 is 5.91 Å². The first-order valence-corrected chi connectivity index (χ1v) is 4.77. The Bertz CT molecular complexity index is 264. The fourth-order valence-corrected chi connectivity index (χ4v) is 1.92. The summed E-state index contributed by atoms with van der Waals surface area (Å²) >= 11 is 0. The van der Waals surface area contributed by atoms with Gasteiger partial charge in [0.15, 0.2) is 0 Å². The summed E-state index contributed by atoms with van der Waals surface area (Å²) < 4.78 is 0. The van der Waals surface area contributed by atoms with Crippen molar-refractivity contribution in [3.63, 3.8) is 0 Å². The lowest BCUT2D eigenvalue weighted by molar-refractivity contribution is -0.119. The van der Waals surface area contributed by atoms with Crippen LogP contribution in [0.25, 0.3) is 0 Å². The van der Waals surface area contributed by atoms with Crippen LogP contribution in [0.3, 0.4) is 0 Å². The Labute approximate surface area is 84.1 Å². The number of nitrogens with zero attached hydrogens (tertiary/aromatic N) is 1. The molecule has 14 heavy (non-hydrogen) atoms. The quantitative estimate of drug-likeness (QED) is 0.576. The Hall–Kier alpha value is -1.23. The number of hydrazine groups is 1. The number of carbonyl (C=O) groups is 1. The summed E-state index contributed by atoms with van der Waals surface area (Å²) in [5.41, 5.74) is 14.5. The van der Waals surface area contributed by atoms with E-state index in [1.54, 1.807) is 11.2 Å². The van der Waals surface area contributed by atoms with Gasteiger partial charge >= 0.3 is 0 Å². The van der Waals surface area contributed by atoms with Crippen molar-refractivity contribution in [2.24, 2.45) is 11.5 Å². The van der Waals surface area contributed by atoms with Gasteiger partial charge in [-0.2, -0.15) is 0 Å². The summed E-state index contributed by atoms with van der Waals surface area (Å²) in [6, 6.07) is 0. The first-order chi connectivity index (χ1) is 6.50. The van der Waals surface area contributed by atoms with Crippen molar-refractivity contribution in [1.82, 2.24) is 10.4 Å². The van der Waals surface area contributed by atoms with Crippen molar-refractivity contribution in [3.8, 4) is 0 Å². The van der Waals surface area contributed by atoms with Crippen LogP contribution in [0.15, 0.2) is 11.9 Å². The number of hydrogen-bond acceptors (Lipinski definition) is 4. The zero-order valence-electron chi connectivity index (χ0n) is 8.71. The monoisotopic (exact) mass is 198 g/mol. The molecule has 0 saturated carbocycles. The Kier molecular flexibility index (Phi) is 3.00. The third kappa shape index (κ3) is 1.98. The van der Waals surface area contributed by atoms with Crippen LogP contribution in [0.2, 0.25) is 0 Å². The van der Waals surface area contributed by atoms with Gasteiger partial charge in [0, 0.05) is 18.9 Å². The van der Waals surface area contributed by atoms with Crippen LogP contribution in [0.4, 0.5) is 0 Å². The summed E-state index contributed by atoms with van der Waals surface area (Å²) in [6.45, 7) is 2.05. The molecule has 0 bridgehead atoms. The minimum Gasteiger partial charge on any atom is -0.399 e. The number of amides is 1. The number of nitrogens with one attached hydrogen (secondary N) is 1. The summed E-state index contributed by atoms with van der Waals surface area (Å²) in [5, 5.41) is 1.77. The van der Waals surface area contributed by atoms with Crippen molar-refractivity contribution in [2.45, 2.75) is 31.7 Å². The topological polar surface area (TPSA) is 84.4 Å². The molecule has 5 N–H and O–H groups in total. The zero-order valence-corrected chi connectivity index (χ0v) is 8.71. The summed E-state index contributed by atoms with van der Waals surface area (Å²) in [6.07, 6.45) is 3.79. The van der Waals surface area contributed by atoms with Crippen molar-refractivity contribution in [2.75, 3.05) is 7.05 Å². The van der Waals surface area contributed by atoms with E-state index in [4.69, 9.17) is 11.5 Å². The second kappa shape index (κ2) is 3.88.